The molecular formula is C20H21N3O2. The maximum absolute atomic E-state index is 9.60. The van der Waals surface area contributed by atoms with Crippen LogP contribution < -0.4 is 4.74 Å². The van der Waals surface area contributed by atoms with Crippen LogP contribution in [0.3, 0.4) is 0 Å². The van der Waals surface area contributed by atoms with E-state index in [9.17, 15) is 5.11 Å². The molecule has 128 valence electrons. The number of hydrogen-bond donors (Lipinski definition) is 1. The zero-order chi connectivity index (χ0) is 17.1. The highest BCUT2D eigenvalue weighted by molar-refractivity contribution is 5.69. The molecule has 2 aromatic heterocycles. The molecule has 1 fully saturated rings. The van der Waals surface area contributed by atoms with Crippen LogP contribution in [-0.2, 0) is 0 Å². The van der Waals surface area contributed by atoms with Gasteiger partial charge in [-0.1, -0.05) is 36.4 Å². The van der Waals surface area contributed by atoms with Crippen molar-refractivity contribution in [3.8, 4) is 5.88 Å². The molecule has 0 unspecified atom stereocenters. The van der Waals surface area contributed by atoms with Gasteiger partial charge in [-0.15, -0.1) is 5.10 Å². The fraction of sp³-hybridized carbons (Fsp3) is 0.300. The number of fused-ring (bicyclic) bond motifs is 1. The van der Waals surface area contributed by atoms with Crippen LogP contribution in [0.15, 0.2) is 48.7 Å². The Morgan fingerprint density at radius 1 is 1.00 bits per heavy atom. The van der Waals surface area contributed by atoms with E-state index in [1.54, 1.807) is 4.52 Å². The smallest absolute Gasteiger partial charge is 0.232 e. The number of hydrogen-bond acceptors (Lipinski definition) is 4. The van der Waals surface area contributed by atoms with Crippen molar-refractivity contribution in [3.05, 3.63) is 59.9 Å². The van der Waals surface area contributed by atoms with Crippen LogP contribution in [0.1, 0.15) is 36.9 Å². The van der Waals surface area contributed by atoms with Gasteiger partial charge >= 0.3 is 0 Å². The lowest BCUT2D eigenvalue weighted by atomic mass is 9.95. The van der Waals surface area contributed by atoms with E-state index in [2.05, 4.69) is 22.2 Å². The number of rotatable bonds is 4. The van der Waals surface area contributed by atoms with Gasteiger partial charge in [0.25, 0.3) is 0 Å². The lowest BCUT2D eigenvalue weighted by Crippen LogP contribution is -2.26. The molecule has 0 atom stereocenters. The SMILES string of the molecule is O[C@H]1CC[C@H](Oc2ccc3ncc(/C=C/c4ccccc4)n3n2)CC1. The van der Waals surface area contributed by atoms with E-state index in [0.29, 0.717) is 5.88 Å². The molecule has 1 aromatic carbocycles. The first-order valence-electron chi connectivity index (χ1n) is 8.70. The van der Waals surface area contributed by atoms with Crippen LogP contribution in [0.4, 0.5) is 0 Å². The third-order valence-corrected chi connectivity index (χ3v) is 4.54. The summed E-state index contributed by atoms with van der Waals surface area (Å²) >= 11 is 0. The predicted octanol–water partition coefficient (Wildman–Crippen LogP) is 3.58. The Balaban J connectivity index is 1.54. The highest BCUT2D eigenvalue weighted by Crippen LogP contribution is 2.23. The van der Waals surface area contributed by atoms with E-state index in [0.717, 1.165) is 42.6 Å². The zero-order valence-electron chi connectivity index (χ0n) is 14.0. The van der Waals surface area contributed by atoms with E-state index < -0.39 is 0 Å². The van der Waals surface area contributed by atoms with Crippen molar-refractivity contribution in [3.63, 3.8) is 0 Å². The van der Waals surface area contributed by atoms with Crippen LogP contribution in [0.25, 0.3) is 17.8 Å². The molecule has 0 spiro atoms. The molecule has 5 nitrogen and oxygen atoms in total. The molecule has 1 saturated carbocycles. The van der Waals surface area contributed by atoms with Crippen molar-refractivity contribution < 1.29 is 9.84 Å². The summed E-state index contributed by atoms with van der Waals surface area (Å²) in [7, 11) is 0. The second-order valence-corrected chi connectivity index (χ2v) is 6.42. The third-order valence-electron chi connectivity index (χ3n) is 4.54. The molecule has 1 aliphatic carbocycles. The second kappa shape index (κ2) is 7.07. The molecule has 1 aliphatic rings. The van der Waals surface area contributed by atoms with E-state index in [-0.39, 0.29) is 12.2 Å². The first-order valence-corrected chi connectivity index (χ1v) is 8.70. The third kappa shape index (κ3) is 3.72. The molecule has 0 bridgehead atoms. The highest BCUT2D eigenvalue weighted by atomic mass is 16.5. The zero-order valence-corrected chi connectivity index (χ0v) is 14.0. The minimum absolute atomic E-state index is 0.125. The minimum Gasteiger partial charge on any atom is -0.473 e. The molecule has 3 aromatic rings. The van der Waals surface area contributed by atoms with Gasteiger partial charge in [-0.3, -0.25) is 0 Å². The van der Waals surface area contributed by atoms with E-state index in [4.69, 9.17) is 4.74 Å². The number of aromatic nitrogens is 3. The van der Waals surface area contributed by atoms with Gasteiger partial charge in [-0.2, -0.15) is 0 Å². The molecule has 4 rings (SSSR count). The van der Waals surface area contributed by atoms with Crippen LogP contribution >= 0.6 is 0 Å². The topological polar surface area (TPSA) is 59.7 Å². The average Bonchev–Trinajstić information content (AvgIpc) is 3.05. The molecule has 1 N–H and O–H groups in total. The highest BCUT2D eigenvalue weighted by Gasteiger charge is 2.21. The van der Waals surface area contributed by atoms with Crippen LogP contribution in [0, 0.1) is 0 Å². The quantitative estimate of drug-likeness (QED) is 0.792. The maximum atomic E-state index is 9.60. The summed E-state index contributed by atoms with van der Waals surface area (Å²) in [5.74, 6) is 0.598. The van der Waals surface area contributed by atoms with Crippen molar-refractivity contribution in [2.45, 2.75) is 37.9 Å². The fourth-order valence-electron chi connectivity index (χ4n) is 3.13. The maximum Gasteiger partial charge on any atom is 0.232 e. The Morgan fingerprint density at radius 3 is 2.60 bits per heavy atom. The largest absolute Gasteiger partial charge is 0.473 e. The van der Waals surface area contributed by atoms with Crippen molar-refractivity contribution >= 4 is 17.8 Å². The molecule has 0 saturated heterocycles. The van der Waals surface area contributed by atoms with Gasteiger partial charge in [0.2, 0.25) is 5.88 Å². The van der Waals surface area contributed by atoms with Crippen molar-refractivity contribution in [2.24, 2.45) is 0 Å². The molecular weight excluding hydrogens is 314 g/mol. The van der Waals surface area contributed by atoms with Gasteiger partial charge in [0.05, 0.1) is 18.0 Å². The van der Waals surface area contributed by atoms with E-state index in [1.165, 1.54) is 0 Å². The Kier molecular flexibility index (Phi) is 4.48. The summed E-state index contributed by atoms with van der Waals surface area (Å²) in [6, 6.07) is 13.9. The molecule has 2 heterocycles. The van der Waals surface area contributed by atoms with Crippen LogP contribution in [-0.4, -0.2) is 31.9 Å². The summed E-state index contributed by atoms with van der Waals surface area (Å²) in [5, 5.41) is 14.2. The predicted molar refractivity (Wildman–Crippen MR) is 97.2 cm³/mol. The van der Waals surface area contributed by atoms with E-state index in [1.807, 2.05) is 48.7 Å². The average molecular weight is 335 g/mol. The number of aliphatic hydroxyl groups excluding tert-OH is 1. The first kappa shape index (κ1) is 15.8. The van der Waals surface area contributed by atoms with E-state index >= 15 is 0 Å². The van der Waals surface area contributed by atoms with Gasteiger partial charge in [0, 0.05) is 6.07 Å². The number of nitrogens with zero attached hydrogens (tertiary/aromatic N) is 3. The van der Waals surface area contributed by atoms with Gasteiger partial charge < -0.3 is 9.84 Å². The lowest BCUT2D eigenvalue weighted by Gasteiger charge is -2.25. The summed E-state index contributed by atoms with van der Waals surface area (Å²) in [6.07, 6.45) is 9.12. The Bertz CT molecular complexity index is 865. The Morgan fingerprint density at radius 2 is 1.80 bits per heavy atom. The summed E-state index contributed by atoms with van der Waals surface area (Å²) in [6.45, 7) is 0. The first-order chi connectivity index (χ1) is 12.3. The van der Waals surface area contributed by atoms with Crippen LogP contribution in [0.2, 0.25) is 0 Å². The van der Waals surface area contributed by atoms with Gasteiger partial charge in [0.1, 0.15) is 6.10 Å². The lowest BCUT2D eigenvalue weighted by molar-refractivity contribution is 0.0637. The van der Waals surface area contributed by atoms with Gasteiger partial charge in [-0.25, -0.2) is 9.50 Å². The summed E-state index contributed by atoms with van der Waals surface area (Å²) < 4.78 is 7.80. The van der Waals surface area contributed by atoms with Crippen molar-refractivity contribution in [1.29, 1.82) is 0 Å². The van der Waals surface area contributed by atoms with Gasteiger partial charge in [0.15, 0.2) is 5.65 Å². The fourth-order valence-corrected chi connectivity index (χ4v) is 3.13. The monoisotopic (exact) mass is 335 g/mol. The minimum atomic E-state index is -0.182. The molecule has 0 aliphatic heterocycles. The number of ether oxygens (including phenoxy) is 1. The number of aliphatic hydroxyl groups is 1. The Hall–Kier alpha value is -2.66. The van der Waals surface area contributed by atoms with Crippen LogP contribution in [0.5, 0.6) is 5.88 Å². The summed E-state index contributed by atoms with van der Waals surface area (Å²) in [5.41, 5.74) is 2.83. The van der Waals surface area contributed by atoms with Crippen molar-refractivity contribution in [2.75, 3.05) is 0 Å². The summed E-state index contributed by atoms with van der Waals surface area (Å²) in [4.78, 5) is 4.39. The molecule has 0 amide bonds. The van der Waals surface area contributed by atoms with Gasteiger partial charge in [-0.05, 0) is 43.4 Å². The van der Waals surface area contributed by atoms with Crippen molar-refractivity contribution in [1.82, 2.24) is 14.6 Å². The molecule has 25 heavy (non-hydrogen) atoms. The normalized spacial score (nSPS) is 21.0. The molecule has 0 radical (unpaired) electrons. The number of benzene rings is 1. The second-order valence-electron chi connectivity index (χ2n) is 6.42. The molecule has 5 heteroatoms. The standard InChI is InChI=1S/C20H21N3O2/c24-17-8-10-18(11-9-17)25-20-13-12-19-21-14-16(23(19)22-20)7-6-15-4-2-1-3-5-15/h1-7,12-14,17-18,24H,8-11H2/b7-6+/t17-,18-. The number of imidazole rings is 1. The Labute approximate surface area is 146 Å².